The van der Waals surface area contributed by atoms with E-state index in [0.717, 1.165) is 38.8 Å². The van der Waals surface area contributed by atoms with Gasteiger partial charge in [-0.2, -0.15) is 0 Å². The molecule has 1 amide bonds. The summed E-state index contributed by atoms with van der Waals surface area (Å²) in [4.78, 5) is 14.4. The van der Waals surface area contributed by atoms with Gasteiger partial charge in [-0.1, -0.05) is 0 Å². The van der Waals surface area contributed by atoms with Gasteiger partial charge >= 0.3 is 0 Å². The second-order valence-corrected chi connectivity index (χ2v) is 6.53. The molecule has 2 heterocycles. The highest BCUT2D eigenvalue weighted by molar-refractivity contribution is 5.77. The number of ether oxygens (including phenoxy) is 2. The smallest absolute Gasteiger partial charge is 0.225 e. The Balaban J connectivity index is 1.56. The predicted molar refractivity (Wildman–Crippen MR) is 71.8 cm³/mol. The summed E-state index contributed by atoms with van der Waals surface area (Å²) in [6, 6.07) is 0. The maximum Gasteiger partial charge on any atom is 0.225 e. The summed E-state index contributed by atoms with van der Waals surface area (Å²) in [6.45, 7) is 3.82. The molecule has 1 aliphatic carbocycles. The van der Waals surface area contributed by atoms with Crippen molar-refractivity contribution in [3.63, 3.8) is 0 Å². The minimum Gasteiger partial charge on any atom is -0.378 e. The van der Waals surface area contributed by atoms with Crippen LogP contribution in [0, 0.1) is 5.92 Å². The zero-order chi connectivity index (χ0) is 13.5. The van der Waals surface area contributed by atoms with E-state index in [0.29, 0.717) is 18.4 Å². The average molecular weight is 267 g/mol. The van der Waals surface area contributed by atoms with E-state index in [1.54, 1.807) is 7.11 Å². The Morgan fingerprint density at radius 3 is 2.89 bits per heavy atom. The Morgan fingerprint density at radius 1 is 1.47 bits per heavy atom. The molecule has 0 aromatic carbocycles. The van der Waals surface area contributed by atoms with E-state index >= 15 is 0 Å². The lowest BCUT2D eigenvalue weighted by atomic mass is 9.77. The maximum absolute atomic E-state index is 12.4. The first-order valence-corrected chi connectivity index (χ1v) is 7.60. The summed E-state index contributed by atoms with van der Waals surface area (Å²) in [7, 11) is 1.74. The van der Waals surface area contributed by atoms with Crippen molar-refractivity contribution in [2.45, 2.75) is 63.3 Å². The molecule has 0 N–H and O–H groups in total. The van der Waals surface area contributed by atoms with Crippen LogP contribution < -0.4 is 0 Å². The van der Waals surface area contributed by atoms with Crippen molar-refractivity contribution in [1.29, 1.82) is 0 Å². The van der Waals surface area contributed by atoms with Crippen molar-refractivity contribution < 1.29 is 14.3 Å². The molecule has 3 aliphatic rings. The number of methoxy groups -OCH3 is 1. The first-order valence-electron chi connectivity index (χ1n) is 7.60. The molecule has 3 fully saturated rings. The fourth-order valence-electron chi connectivity index (χ4n) is 3.81. The summed E-state index contributed by atoms with van der Waals surface area (Å²) < 4.78 is 11.5. The monoisotopic (exact) mass is 267 g/mol. The molecule has 3 rings (SSSR count). The Kier molecular flexibility index (Phi) is 3.56. The fraction of sp³-hybridized carbons (Fsp3) is 0.933. The number of carbonyl (C=O) groups excluding carboxylic acids is 1. The molecule has 108 valence electrons. The van der Waals surface area contributed by atoms with Crippen LogP contribution in [0.25, 0.3) is 0 Å². The van der Waals surface area contributed by atoms with Crippen LogP contribution in [0.5, 0.6) is 0 Å². The molecule has 1 saturated carbocycles. The Bertz CT molecular complexity index is 348. The van der Waals surface area contributed by atoms with Gasteiger partial charge in [0.05, 0.1) is 24.2 Å². The molecule has 0 aromatic rings. The van der Waals surface area contributed by atoms with Gasteiger partial charge in [0.2, 0.25) is 5.91 Å². The predicted octanol–water partition coefficient (Wildman–Crippen LogP) is 1.97. The van der Waals surface area contributed by atoms with Crippen LogP contribution in [-0.2, 0) is 14.3 Å². The zero-order valence-electron chi connectivity index (χ0n) is 12.1. The number of hydrogen-bond donors (Lipinski definition) is 0. The summed E-state index contributed by atoms with van der Waals surface area (Å²) in [5.41, 5.74) is -0.155. The Labute approximate surface area is 115 Å². The van der Waals surface area contributed by atoms with Gasteiger partial charge in [-0.15, -0.1) is 0 Å². The van der Waals surface area contributed by atoms with E-state index in [-0.39, 0.29) is 17.6 Å². The van der Waals surface area contributed by atoms with E-state index in [1.165, 1.54) is 6.42 Å². The lowest BCUT2D eigenvalue weighted by Gasteiger charge is -2.42. The normalized spacial score (nSPS) is 36.7. The zero-order valence-corrected chi connectivity index (χ0v) is 12.1. The van der Waals surface area contributed by atoms with Crippen molar-refractivity contribution in [1.82, 2.24) is 4.90 Å². The van der Waals surface area contributed by atoms with E-state index in [2.05, 4.69) is 6.92 Å². The quantitative estimate of drug-likeness (QED) is 0.785. The molecular weight excluding hydrogens is 242 g/mol. The van der Waals surface area contributed by atoms with Gasteiger partial charge in [0, 0.05) is 20.2 Å². The number of carbonyl (C=O) groups is 1. The molecule has 0 spiro atoms. The number of likely N-dealkylation sites (tertiary alicyclic amines) is 1. The SMILES string of the molecule is COC1(CC(=O)N2CC[C@H]3C[C@@H](C)O[C@@H]3C2)CCC1. The summed E-state index contributed by atoms with van der Waals surface area (Å²) in [5.74, 6) is 0.919. The third-order valence-corrected chi connectivity index (χ3v) is 5.26. The lowest BCUT2D eigenvalue weighted by Crippen LogP contribution is -2.49. The topological polar surface area (TPSA) is 38.8 Å². The van der Waals surface area contributed by atoms with Gasteiger partial charge in [0.25, 0.3) is 0 Å². The number of rotatable bonds is 3. The lowest BCUT2D eigenvalue weighted by molar-refractivity contribution is -0.148. The fourth-order valence-corrected chi connectivity index (χ4v) is 3.81. The molecule has 3 atom stereocenters. The molecule has 4 nitrogen and oxygen atoms in total. The largest absolute Gasteiger partial charge is 0.378 e. The second kappa shape index (κ2) is 5.06. The van der Waals surface area contributed by atoms with Crippen molar-refractivity contribution in [3.8, 4) is 0 Å². The maximum atomic E-state index is 12.4. The van der Waals surface area contributed by atoms with Gasteiger partial charge < -0.3 is 14.4 Å². The first-order chi connectivity index (χ1) is 9.12. The summed E-state index contributed by atoms with van der Waals surface area (Å²) in [5, 5.41) is 0. The summed E-state index contributed by atoms with van der Waals surface area (Å²) in [6.07, 6.45) is 6.69. The van der Waals surface area contributed by atoms with Crippen LogP contribution in [0.1, 0.15) is 45.4 Å². The molecule has 0 unspecified atom stereocenters. The Morgan fingerprint density at radius 2 is 2.26 bits per heavy atom. The van der Waals surface area contributed by atoms with Gasteiger partial charge in [0.1, 0.15) is 0 Å². The first kappa shape index (κ1) is 13.4. The molecular formula is C15H25NO3. The summed E-state index contributed by atoms with van der Waals surface area (Å²) >= 11 is 0. The minimum atomic E-state index is -0.155. The highest BCUT2D eigenvalue weighted by Gasteiger charge is 2.43. The van der Waals surface area contributed by atoms with Crippen LogP contribution in [0.15, 0.2) is 0 Å². The van der Waals surface area contributed by atoms with E-state index < -0.39 is 0 Å². The number of nitrogens with zero attached hydrogens (tertiary/aromatic N) is 1. The van der Waals surface area contributed by atoms with Crippen LogP contribution in [-0.4, -0.2) is 48.8 Å². The second-order valence-electron chi connectivity index (χ2n) is 6.53. The third-order valence-electron chi connectivity index (χ3n) is 5.26. The highest BCUT2D eigenvalue weighted by atomic mass is 16.5. The van der Waals surface area contributed by atoms with Crippen LogP contribution in [0.3, 0.4) is 0 Å². The standard InChI is InChI=1S/C15H25NO3/c1-11-8-12-4-7-16(10-13(12)19-11)14(17)9-15(18-2)5-3-6-15/h11-13H,3-10H2,1-2H3/t11-,12+,13-/m1/s1. The number of amides is 1. The molecule has 0 bridgehead atoms. The highest BCUT2D eigenvalue weighted by Crippen LogP contribution is 2.39. The van der Waals surface area contributed by atoms with E-state index in [4.69, 9.17) is 9.47 Å². The number of piperidine rings is 1. The molecule has 4 heteroatoms. The van der Waals surface area contributed by atoms with Crippen molar-refractivity contribution >= 4 is 5.91 Å². The molecule has 2 aliphatic heterocycles. The molecule has 0 radical (unpaired) electrons. The van der Waals surface area contributed by atoms with Crippen molar-refractivity contribution in [2.24, 2.45) is 5.92 Å². The Hall–Kier alpha value is -0.610. The van der Waals surface area contributed by atoms with Gasteiger partial charge in [-0.3, -0.25) is 4.79 Å². The van der Waals surface area contributed by atoms with Crippen LogP contribution in [0.4, 0.5) is 0 Å². The minimum absolute atomic E-state index is 0.155. The number of fused-ring (bicyclic) bond motifs is 1. The van der Waals surface area contributed by atoms with Crippen molar-refractivity contribution in [3.05, 3.63) is 0 Å². The van der Waals surface area contributed by atoms with Gasteiger partial charge in [-0.05, 0) is 44.9 Å². The third kappa shape index (κ3) is 2.52. The van der Waals surface area contributed by atoms with E-state index in [1.807, 2.05) is 4.90 Å². The van der Waals surface area contributed by atoms with E-state index in [9.17, 15) is 4.79 Å². The van der Waals surface area contributed by atoms with Crippen LogP contribution >= 0.6 is 0 Å². The molecule has 2 saturated heterocycles. The van der Waals surface area contributed by atoms with Crippen LogP contribution in [0.2, 0.25) is 0 Å². The number of hydrogen-bond acceptors (Lipinski definition) is 3. The van der Waals surface area contributed by atoms with Gasteiger partial charge in [-0.25, -0.2) is 0 Å². The van der Waals surface area contributed by atoms with Gasteiger partial charge in [0.15, 0.2) is 0 Å². The molecule has 19 heavy (non-hydrogen) atoms. The molecule has 0 aromatic heterocycles. The van der Waals surface area contributed by atoms with Crippen molar-refractivity contribution in [2.75, 3.05) is 20.2 Å². The average Bonchev–Trinajstić information content (AvgIpc) is 2.72.